The highest BCUT2D eigenvalue weighted by Crippen LogP contribution is 2.15. The van der Waals surface area contributed by atoms with Gasteiger partial charge in [0.2, 0.25) is 5.88 Å². The molecule has 0 atom stereocenters. The van der Waals surface area contributed by atoms with Gasteiger partial charge in [-0.05, 0) is 41.0 Å². The molecule has 4 nitrogen and oxygen atoms in total. The maximum atomic E-state index is 13.1. The summed E-state index contributed by atoms with van der Waals surface area (Å²) in [5.74, 6) is 0.381. The zero-order chi connectivity index (χ0) is 17.5. The van der Waals surface area contributed by atoms with E-state index in [1.54, 1.807) is 19.5 Å². The standard InChI is InChI=1S/C20H20FN3O/c1-25-20-7-4-18(12-23-20)15-24(14-17-8-10-22-11-9-17)13-16-2-5-19(21)6-3-16/h2-12H,13-15H2,1H3. The van der Waals surface area contributed by atoms with Crippen molar-refractivity contribution in [2.45, 2.75) is 19.6 Å². The van der Waals surface area contributed by atoms with E-state index >= 15 is 0 Å². The van der Waals surface area contributed by atoms with Crippen molar-refractivity contribution in [3.63, 3.8) is 0 Å². The van der Waals surface area contributed by atoms with Gasteiger partial charge in [-0.3, -0.25) is 9.88 Å². The van der Waals surface area contributed by atoms with E-state index in [1.165, 1.54) is 17.7 Å². The van der Waals surface area contributed by atoms with E-state index in [2.05, 4.69) is 14.9 Å². The van der Waals surface area contributed by atoms with E-state index in [4.69, 9.17) is 4.74 Å². The second kappa shape index (κ2) is 8.35. The zero-order valence-electron chi connectivity index (χ0n) is 14.1. The number of halogens is 1. The van der Waals surface area contributed by atoms with Crippen molar-refractivity contribution in [1.82, 2.24) is 14.9 Å². The first-order valence-electron chi connectivity index (χ1n) is 8.07. The summed E-state index contributed by atoms with van der Waals surface area (Å²) in [6.45, 7) is 2.22. The SMILES string of the molecule is COc1ccc(CN(Cc2ccncc2)Cc2ccc(F)cc2)cn1. The lowest BCUT2D eigenvalue weighted by Gasteiger charge is -2.22. The predicted molar refractivity (Wildman–Crippen MR) is 94.4 cm³/mol. The molecule has 0 unspecified atom stereocenters. The van der Waals surface area contributed by atoms with Gasteiger partial charge in [0.15, 0.2) is 0 Å². The minimum atomic E-state index is -0.219. The van der Waals surface area contributed by atoms with E-state index in [1.807, 2.05) is 42.6 Å². The molecule has 0 aliphatic carbocycles. The summed E-state index contributed by atoms with van der Waals surface area (Å²) in [5.41, 5.74) is 3.34. The number of benzene rings is 1. The van der Waals surface area contributed by atoms with Crippen molar-refractivity contribution in [2.75, 3.05) is 7.11 Å². The fourth-order valence-electron chi connectivity index (χ4n) is 2.65. The van der Waals surface area contributed by atoms with Gasteiger partial charge in [-0.15, -0.1) is 0 Å². The van der Waals surface area contributed by atoms with Crippen LogP contribution in [0.3, 0.4) is 0 Å². The number of nitrogens with zero attached hydrogens (tertiary/aromatic N) is 3. The van der Waals surface area contributed by atoms with Crippen LogP contribution in [-0.2, 0) is 19.6 Å². The maximum absolute atomic E-state index is 13.1. The van der Waals surface area contributed by atoms with Crippen molar-refractivity contribution >= 4 is 0 Å². The topological polar surface area (TPSA) is 38.2 Å². The molecule has 2 heterocycles. The minimum absolute atomic E-state index is 0.219. The van der Waals surface area contributed by atoms with Gasteiger partial charge in [-0.25, -0.2) is 9.37 Å². The third kappa shape index (κ3) is 5.09. The lowest BCUT2D eigenvalue weighted by atomic mass is 10.1. The summed E-state index contributed by atoms with van der Waals surface area (Å²) in [7, 11) is 1.60. The van der Waals surface area contributed by atoms with Crippen molar-refractivity contribution in [2.24, 2.45) is 0 Å². The number of aromatic nitrogens is 2. The first-order valence-corrected chi connectivity index (χ1v) is 8.07. The van der Waals surface area contributed by atoms with Crippen LogP contribution in [0.4, 0.5) is 4.39 Å². The van der Waals surface area contributed by atoms with E-state index in [9.17, 15) is 4.39 Å². The fraction of sp³-hybridized carbons (Fsp3) is 0.200. The average molecular weight is 337 g/mol. The van der Waals surface area contributed by atoms with Crippen molar-refractivity contribution in [3.8, 4) is 5.88 Å². The van der Waals surface area contributed by atoms with Crippen molar-refractivity contribution in [1.29, 1.82) is 0 Å². The third-order valence-electron chi connectivity index (χ3n) is 3.89. The van der Waals surface area contributed by atoms with Gasteiger partial charge in [0.05, 0.1) is 7.11 Å². The molecule has 1 aromatic carbocycles. The number of ether oxygens (including phenoxy) is 1. The Labute approximate surface area is 146 Å². The maximum Gasteiger partial charge on any atom is 0.212 e. The van der Waals surface area contributed by atoms with Crippen LogP contribution in [0.5, 0.6) is 5.88 Å². The van der Waals surface area contributed by atoms with Crippen LogP contribution >= 0.6 is 0 Å². The molecule has 0 N–H and O–H groups in total. The molecule has 25 heavy (non-hydrogen) atoms. The van der Waals surface area contributed by atoms with Gasteiger partial charge in [-0.1, -0.05) is 18.2 Å². The Morgan fingerprint density at radius 2 is 1.44 bits per heavy atom. The molecule has 0 bridgehead atoms. The van der Waals surface area contributed by atoms with Crippen LogP contribution < -0.4 is 4.74 Å². The fourth-order valence-corrected chi connectivity index (χ4v) is 2.65. The van der Waals surface area contributed by atoms with Crippen LogP contribution in [0, 0.1) is 5.82 Å². The molecule has 3 aromatic rings. The van der Waals surface area contributed by atoms with Crippen LogP contribution in [0.1, 0.15) is 16.7 Å². The van der Waals surface area contributed by atoms with E-state index < -0.39 is 0 Å². The smallest absolute Gasteiger partial charge is 0.212 e. The minimum Gasteiger partial charge on any atom is -0.481 e. The van der Waals surface area contributed by atoms with Gasteiger partial charge in [0.1, 0.15) is 5.82 Å². The highest BCUT2D eigenvalue weighted by atomic mass is 19.1. The molecule has 0 spiro atoms. The van der Waals surface area contributed by atoms with Gasteiger partial charge in [0.25, 0.3) is 0 Å². The summed E-state index contributed by atoms with van der Waals surface area (Å²) in [6.07, 6.45) is 5.41. The average Bonchev–Trinajstić information content (AvgIpc) is 2.65. The lowest BCUT2D eigenvalue weighted by molar-refractivity contribution is 0.247. The Morgan fingerprint density at radius 1 is 0.840 bits per heavy atom. The highest BCUT2D eigenvalue weighted by Gasteiger charge is 2.09. The summed E-state index contributed by atoms with van der Waals surface area (Å²) in [5, 5.41) is 0. The lowest BCUT2D eigenvalue weighted by Crippen LogP contribution is -2.22. The first-order chi connectivity index (χ1) is 12.2. The molecular formula is C20H20FN3O. The Hall–Kier alpha value is -2.79. The zero-order valence-corrected chi connectivity index (χ0v) is 14.1. The van der Waals surface area contributed by atoms with Gasteiger partial charge in [0, 0.05) is 44.3 Å². The molecule has 128 valence electrons. The van der Waals surface area contributed by atoms with Gasteiger partial charge >= 0.3 is 0 Å². The predicted octanol–water partition coefficient (Wildman–Crippen LogP) is 3.83. The number of hydrogen-bond donors (Lipinski definition) is 0. The molecule has 0 saturated carbocycles. The largest absolute Gasteiger partial charge is 0.481 e. The number of hydrogen-bond acceptors (Lipinski definition) is 4. The quantitative estimate of drug-likeness (QED) is 0.657. The van der Waals surface area contributed by atoms with Crippen LogP contribution in [0.25, 0.3) is 0 Å². The summed E-state index contributed by atoms with van der Waals surface area (Å²) in [6, 6.07) is 14.5. The summed E-state index contributed by atoms with van der Waals surface area (Å²) < 4.78 is 18.3. The molecule has 0 saturated heterocycles. The molecule has 0 fully saturated rings. The van der Waals surface area contributed by atoms with Crippen LogP contribution in [0.15, 0.2) is 67.1 Å². The number of pyridine rings is 2. The molecular weight excluding hydrogens is 317 g/mol. The summed E-state index contributed by atoms with van der Waals surface area (Å²) in [4.78, 5) is 10.6. The molecule has 3 rings (SSSR count). The van der Waals surface area contributed by atoms with E-state index in [-0.39, 0.29) is 5.82 Å². The number of methoxy groups -OCH3 is 1. The third-order valence-corrected chi connectivity index (χ3v) is 3.89. The first kappa shape index (κ1) is 17.0. The number of rotatable bonds is 7. The van der Waals surface area contributed by atoms with E-state index in [0.717, 1.165) is 24.2 Å². The molecule has 2 aromatic heterocycles. The second-order valence-corrected chi connectivity index (χ2v) is 5.84. The van der Waals surface area contributed by atoms with Gasteiger partial charge < -0.3 is 4.74 Å². The van der Waals surface area contributed by atoms with E-state index in [0.29, 0.717) is 12.4 Å². The van der Waals surface area contributed by atoms with Crippen LogP contribution in [0.2, 0.25) is 0 Å². The molecule has 0 aliphatic rings. The van der Waals surface area contributed by atoms with Crippen LogP contribution in [-0.4, -0.2) is 22.0 Å². The van der Waals surface area contributed by atoms with Gasteiger partial charge in [-0.2, -0.15) is 0 Å². The Balaban J connectivity index is 1.76. The molecule has 0 amide bonds. The monoisotopic (exact) mass is 337 g/mol. The molecule has 0 aliphatic heterocycles. The highest BCUT2D eigenvalue weighted by molar-refractivity contribution is 5.20. The molecule has 5 heteroatoms. The molecule has 0 radical (unpaired) electrons. The normalized spacial score (nSPS) is 10.8. The van der Waals surface area contributed by atoms with Crippen molar-refractivity contribution < 1.29 is 9.13 Å². The summed E-state index contributed by atoms with van der Waals surface area (Å²) >= 11 is 0. The second-order valence-electron chi connectivity index (χ2n) is 5.84. The Bertz CT molecular complexity index is 776. The Morgan fingerprint density at radius 3 is 2.04 bits per heavy atom. The Kier molecular flexibility index (Phi) is 5.69. The van der Waals surface area contributed by atoms with Crippen molar-refractivity contribution in [3.05, 3.63) is 89.6 Å².